The van der Waals surface area contributed by atoms with Crippen molar-refractivity contribution in [3.8, 4) is 0 Å². The van der Waals surface area contributed by atoms with Crippen LogP contribution in [0.1, 0.15) is 52.7 Å². The van der Waals surface area contributed by atoms with Crippen LogP contribution >= 0.6 is 0 Å². The summed E-state index contributed by atoms with van der Waals surface area (Å²) >= 11 is 0. The Morgan fingerprint density at radius 3 is 1.77 bits per heavy atom. The van der Waals surface area contributed by atoms with Crippen LogP contribution in [0, 0.1) is 12.3 Å². The second kappa shape index (κ2) is 10.5. The van der Waals surface area contributed by atoms with Crippen molar-refractivity contribution in [3.63, 3.8) is 0 Å². The second-order valence-corrected chi connectivity index (χ2v) is 6.90. The fourth-order valence-electron chi connectivity index (χ4n) is 1.87. The second-order valence-electron chi connectivity index (χ2n) is 6.90. The molecule has 0 aliphatic heterocycles. The van der Waals surface area contributed by atoms with Crippen molar-refractivity contribution in [1.82, 2.24) is 4.98 Å². The van der Waals surface area contributed by atoms with Gasteiger partial charge in [0.2, 0.25) is 0 Å². The van der Waals surface area contributed by atoms with Crippen molar-refractivity contribution in [2.24, 2.45) is 0 Å². The molecule has 0 fully saturated rings. The van der Waals surface area contributed by atoms with Gasteiger partial charge in [-0.05, 0) is 5.41 Å². The zero-order valence-corrected chi connectivity index (χ0v) is 17.3. The Hall–Kier alpha value is -0.206. The first kappa shape index (κ1) is 26.7. The van der Waals surface area contributed by atoms with Crippen LogP contribution in [0.4, 0.5) is 0 Å². The Morgan fingerprint density at radius 1 is 1.00 bits per heavy atom. The molecule has 1 heterocycles. The molecule has 4 heteroatoms. The van der Waals surface area contributed by atoms with Crippen LogP contribution in [-0.4, -0.2) is 4.98 Å². The third kappa shape index (κ3) is 8.43. The molecule has 0 bridgehead atoms. The van der Waals surface area contributed by atoms with E-state index in [4.69, 9.17) is 0 Å². The Kier molecular flexibility index (Phi) is 12.8. The number of hydrogen-bond donors (Lipinski definition) is 1. The molecule has 22 heavy (non-hydrogen) atoms. The molecule has 2 rings (SSSR count). The number of halogens is 2. The fourth-order valence-corrected chi connectivity index (χ4v) is 1.87. The average Bonchev–Trinajstić information content (AvgIpc) is 2.84. The summed E-state index contributed by atoms with van der Waals surface area (Å²) in [6.07, 6.45) is 13.9. The van der Waals surface area contributed by atoms with E-state index in [-0.39, 0.29) is 57.4 Å². The number of rotatable bonds is 0. The summed E-state index contributed by atoms with van der Waals surface area (Å²) in [7, 11) is 0. The summed E-state index contributed by atoms with van der Waals surface area (Å²) in [5, 5.41) is 0. The van der Waals surface area contributed by atoms with Crippen LogP contribution < -0.4 is 24.8 Å². The van der Waals surface area contributed by atoms with Crippen molar-refractivity contribution in [1.29, 1.82) is 0 Å². The van der Waals surface area contributed by atoms with E-state index in [1.54, 1.807) is 0 Å². The van der Waals surface area contributed by atoms with E-state index in [9.17, 15) is 0 Å². The van der Waals surface area contributed by atoms with Crippen molar-refractivity contribution < 1.29 is 46.5 Å². The van der Waals surface area contributed by atoms with Gasteiger partial charge >= 0.3 is 21.7 Å². The van der Waals surface area contributed by atoms with Crippen molar-refractivity contribution in [2.75, 3.05) is 0 Å². The minimum Gasteiger partial charge on any atom is -1.00 e. The third-order valence-electron chi connectivity index (χ3n) is 2.90. The maximum absolute atomic E-state index is 3.62. The summed E-state index contributed by atoms with van der Waals surface area (Å²) in [5.41, 5.74) is 4.04. The number of allylic oxidation sites excluding steroid dienone is 5. The van der Waals surface area contributed by atoms with Gasteiger partial charge in [-0.2, -0.15) is 35.9 Å². The predicted molar refractivity (Wildman–Crippen MR) is 83.1 cm³/mol. The first-order valence-electron chi connectivity index (χ1n) is 6.67. The van der Waals surface area contributed by atoms with E-state index < -0.39 is 0 Å². The molecule has 0 spiro atoms. The largest absolute Gasteiger partial charge is 4.00 e. The number of H-pyrrole nitrogens is 1. The van der Waals surface area contributed by atoms with E-state index in [0.717, 1.165) is 5.57 Å². The van der Waals surface area contributed by atoms with E-state index in [0.29, 0.717) is 0 Å². The molecule has 1 nitrogen and oxygen atoms in total. The van der Waals surface area contributed by atoms with E-state index in [1.807, 2.05) is 18.2 Å². The minimum absolute atomic E-state index is 0. The smallest absolute Gasteiger partial charge is 1.00 e. The summed E-state index contributed by atoms with van der Waals surface area (Å²) in [6.45, 7) is 17.0. The molecular weight excluding hydrogens is 349 g/mol. The first-order valence-corrected chi connectivity index (χ1v) is 6.67. The van der Waals surface area contributed by atoms with Gasteiger partial charge in [-0.1, -0.05) is 47.0 Å². The Balaban J connectivity index is -0.000000346. The molecule has 1 N–H and O–H groups in total. The van der Waals surface area contributed by atoms with Gasteiger partial charge in [-0.25, -0.2) is 0 Å². The maximum Gasteiger partial charge on any atom is 4.00 e. The SMILES string of the molecule is C=C1[C-]=CC=C1.CC(C)(C)c1[c-][nH]cc1C(C)(C)C.[Cl-].[Cl-].[Ti+4]. The van der Waals surface area contributed by atoms with Gasteiger partial charge in [-0.3, -0.25) is 0 Å². The number of hydrogen-bond acceptors (Lipinski definition) is 0. The van der Waals surface area contributed by atoms with Crippen LogP contribution in [0.5, 0.6) is 0 Å². The molecule has 1 aromatic rings. The molecule has 0 amide bonds. The molecule has 120 valence electrons. The van der Waals surface area contributed by atoms with Crippen LogP contribution in [0.25, 0.3) is 0 Å². The zero-order valence-electron chi connectivity index (χ0n) is 14.3. The maximum atomic E-state index is 3.62. The molecule has 0 atom stereocenters. The van der Waals surface area contributed by atoms with Gasteiger partial charge in [0.25, 0.3) is 0 Å². The van der Waals surface area contributed by atoms with Gasteiger partial charge in [-0.15, -0.1) is 24.0 Å². The quantitative estimate of drug-likeness (QED) is 0.438. The number of aromatic amines is 1. The van der Waals surface area contributed by atoms with E-state index >= 15 is 0 Å². The average molecular weight is 374 g/mol. The number of aromatic nitrogens is 1. The van der Waals surface area contributed by atoms with Crippen molar-refractivity contribution in [3.05, 3.63) is 60.0 Å². The molecule has 0 radical (unpaired) electrons. The monoisotopic (exact) mass is 373 g/mol. The topological polar surface area (TPSA) is 15.8 Å². The van der Waals surface area contributed by atoms with Crippen molar-refractivity contribution in [2.45, 2.75) is 52.4 Å². The molecule has 1 aromatic heterocycles. The van der Waals surface area contributed by atoms with Gasteiger partial charge in [0.1, 0.15) is 0 Å². The molecule has 0 unspecified atom stereocenters. The Morgan fingerprint density at radius 2 is 1.55 bits per heavy atom. The molecule has 0 saturated carbocycles. The fraction of sp³-hybridized carbons (Fsp3) is 0.444. The predicted octanol–water partition coefficient (Wildman–Crippen LogP) is -1.11. The molecular formula is C18H25Cl2NTi. The first-order chi connectivity index (χ1) is 8.62. The minimum atomic E-state index is 0. The normalized spacial score (nSPS) is 12.5. The van der Waals surface area contributed by atoms with Crippen LogP contribution in [0.15, 0.2) is 36.6 Å². The van der Waals surface area contributed by atoms with E-state index in [2.05, 4.69) is 71.6 Å². The van der Waals surface area contributed by atoms with Crippen LogP contribution in [-0.2, 0) is 32.5 Å². The van der Waals surface area contributed by atoms with Gasteiger partial charge in [0, 0.05) is 0 Å². The molecule has 0 aromatic carbocycles. The Labute approximate surface area is 163 Å². The van der Waals surface area contributed by atoms with Crippen LogP contribution in [0.2, 0.25) is 0 Å². The Bertz CT molecular complexity index is 457. The summed E-state index contributed by atoms with van der Waals surface area (Å²) < 4.78 is 0. The van der Waals surface area contributed by atoms with Gasteiger partial charge < -0.3 is 29.8 Å². The third-order valence-corrected chi connectivity index (χ3v) is 2.90. The van der Waals surface area contributed by atoms with Gasteiger partial charge in [0.15, 0.2) is 0 Å². The molecule has 1 aliphatic carbocycles. The summed E-state index contributed by atoms with van der Waals surface area (Å²) in [6, 6.07) is 0. The van der Waals surface area contributed by atoms with Gasteiger partial charge in [0.05, 0.1) is 0 Å². The van der Waals surface area contributed by atoms with Crippen LogP contribution in [0.3, 0.4) is 0 Å². The number of nitrogens with one attached hydrogen (secondary N) is 1. The van der Waals surface area contributed by atoms with E-state index in [1.165, 1.54) is 11.1 Å². The zero-order chi connectivity index (χ0) is 14.7. The molecule has 1 aliphatic rings. The van der Waals surface area contributed by atoms with Crippen molar-refractivity contribution >= 4 is 0 Å². The molecule has 0 saturated heterocycles. The summed E-state index contributed by atoms with van der Waals surface area (Å²) in [5.74, 6) is 0. The standard InChI is InChI=1S/C12H20N.C6H5.2ClH.Ti/c1-11(2,3)9-7-13-8-10(9)12(4,5)6;1-6-4-2-3-5-6;;;/h7,13H,1-6H3;2-4H,1H2;2*1H;/q2*-1;;;+4/p-2. The summed E-state index contributed by atoms with van der Waals surface area (Å²) in [4.78, 5) is 3.09.